The molecule has 0 saturated heterocycles. The second-order valence-corrected chi connectivity index (χ2v) is 4.85. The van der Waals surface area contributed by atoms with E-state index in [9.17, 15) is 0 Å². The monoisotopic (exact) mass is 235 g/mol. The van der Waals surface area contributed by atoms with Crippen molar-refractivity contribution in [1.29, 1.82) is 0 Å². The van der Waals surface area contributed by atoms with Gasteiger partial charge in [-0.05, 0) is 19.1 Å². The van der Waals surface area contributed by atoms with Crippen LogP contribution in [0.1, 0.15) is 17.8 Å². The molecule has 3 nitrogen and oxygen atoms in total. The highest BCUT2D eigenvalue weighted by Crippen LogP contribution is 2.26. The van der Waals surface area contributed by atoms with Gasteiger partial charge in [-0.3, -0.25) is 0 Å². The van der Waals surface area contributed by atoms with E-state index in [1.165, 1.54) is 11.3 Å². The van der Waals surface area contributed by atoms with E-state index in [1.54, 1.807) is 0 Å². The van der Waals surface area contributed by atoms with E-state index in [0.29, 0.717) is 6.54 Å². The van der Waals surface area contributed by atoms with E-state index in [-0.39, 0.29) is 12.6 Å². The molecule has 0 bridgehead atoms. The van der Waals surface area contributed by atoms with E-state index in [4.69, 9.17) is 21.8 Å². The van der Waals surface area contributed by atoms with Gasteiger partial charge in [0.25, 0.3) is 0 Å². The van der Waals surface area contributed by atoms with Gasteiger partial charge in [-0.2, -0.15) is 0 Å². The van der Waals surface area contributed by atoms with Gasteiger partial charge in [0.1, 0.15) is 0 Å². The summed E-state index contributed by atoms with van der Waals surface area (Å²) in [5.41, 5.74) is 0. The van der Waals surface area contributed by atoms with Crippen LogP contribution in [0, 0.1) is 0 Å². The molecule has 0 aliphatic heterocycles. The Labute approximate surface area is 92.3 Å². The Balaban J connectivity index is 2.39. The molecule has 0 spiro atoms. The van der Waals surface area contributed by atoms with Crippen molar-refractivity contribution in [2.45, 2.75) is 19.1 Å². The molecular formula is C9H14ClNO2S. The predicted molar refractivity (Wildman–Crippen MR) is 58.8 cm³/mol. The molecule has 2 unspecified atom stereocenters. The van der Waals surface area contributed by atoms with Crippen molar-refractivity contribution in [2.75, 3.05) is 13.2 Å². The minimum absolute atomic E-state index is 0.147. The molecule has 1 aromatic rings. The lowest BCUT2D eigenvalue weighted by Gasteiger charge is -2.14. The number of halogens is 1. The topological polar surface area (TPSA) is 52.5 Å². The number of hydrogen-bond donors (Lipinski definition) is 3. The lowest BCUT2D eigenvalue weighted by atomic mass is 10.2. The zero-order chi connectivity index (χ0) is 10.6. The molecule has 0 radical (unpaired) electrons. The molecule has 5 heteroatoms. The third kappa shape index (κ3) is 3.55. The normalized spacial score (nSPS) is 15.4. The quantitative estimate of drug-likeness (QED) is 0.723. The van der Waals surface area contributed by atoms with Gasteiger partial charge in [0.15, 0.2) is 0 Å². The SMILES string of the molecule is CC(NCC(O)CO)c1ccc(Cl)s1. The number of thiophene rings is 1. The van der Waals surface area contributed by atoms with Crippen LogP contribution in [0.25, 0.3) is 0 Å². The first-order chi connectivity index (χ1) is 6.63. The van der Waals surface area contributed by atoms with E-state index < -0.39 is 6.10 Å². The third-order valence-electron chi connectivity index (χ3n) is 1.89. The largest absolute Gasteiger partial charge is 0.394 e. The minimum atomic E-state index is -0.701. The number of nitrogens with one attached hydrogen (secondary N) is 1. The van der Waals surface area contributed by atoms with Crippen molar-refractivity contribution >= 4 is 22.9 Å². The fraction of sp³-hybridized carbons (Fsp3) is 0.556. The highest BCUT2D eigenvalue weighted by molar-refractivity contribution is 7.16. The molecule has 1 aromatic heterocycles. The third-order valence-corrected chi connectivity index (χ3v) is 3.31. The maximum Gasteiger partial charge on any atom is 0.0931 e. The van der Waals surface area contributed by atoms with Gasteiger partial charge in [0.05, 0.1) is 17.0 Å². The molecule has 2 atom stereocenters. The zero-order valence-corrected chi connectivity index (χ0v) is 9.48. The Hall–Kier alpha value is -0.130. The van der Waals surface area contributed by atoms with Crippen LogP contribution in [0.2, 0.25) is 4.34 Å². The van der Waals surface area contributed by atoms with Crippen LogP contribution in [-0.4, -0.2) is 29.5 Å². The van der Waals surface area contributed by atoms with Gasteiger partial charge in [-0.1, -0.05) is 11.6 Å². The van der Waals surface area contributed by atoms with Crippen molar-refractivity contribution in [2.24, 2.45) is 0 Å². The smallest absolute Gasteiger partial charge is 0.0931 e. The van der Waals surface area contributed by atoms with Gasteiger partial charge in [0, 0.05) is 17.5 Å². The lowest BCUT2D eigenvalue weighted by molar-refractivity contribution is 0.0925. The molecule has 1 rings (SSSR count). The average Bonchev–Trinajstić information content (AvgIpc) is 2.60. The van der Waals surface area contributed by atoms with E-state index in [0.717, 1.165) is 9.21 Å². The van der Waals surface area contributed by atoms with Gasteiger partial charge < -0.3 is 15.5 Å². The zero-order valence-electron chi connectivity index (χ0n) is 7.90. The first-order valence-electron chi connectivity index (χ1n) is 4.41. The summed E-state index contributed by atoms with van der Waals surface area (Å²) in [6, 6.07) is 3.95. The van der Waals surface area contributed by atoms with Crippen LogP contribution in [0.5, 0.6) is 0 Å². The maximum absolute atomic E-state index is 9.12. The average molecular weight is 236 g/mol. The Bertz CT molecular complexity index is 280. The molecule has 14 heavy (non-hydrogen) atoms. The molecule has 0 fully saturated rings. The fourth-order valence-corrected chi connectivity index (χ4v) is 2.13. The highest BCUT2D eigenvalue weighted by atomic mass is 35.5. The first kappa shape index (κ1) is 11.9. The summed E-state index contributed by atoms with van der Waals surface area (Å²) in [7, 11) is 0. The Kier molecular flexibility index (Phi) is 4.84. The maximum atomic E-state index is 9.12. The van der Waals surface area contributed by atoms with Crippen LogP contribution in [0.4, 0.5) is 0 Å². The Morgan fingerprint density at radius 2 is 2.29 bits per heavy atom. The number of aliphatic hydroxyl groups is 2. The van der Waals surface area contributed by atoms with Crippen LogP contribution >= 0.6 is 22.9 Å². The molecule has 0 aliphatic rings. The van der Waals surface area contributed by atoms with Gasteiger partial charge in [-0.15, -0.1) is 11.3 Å². The highest BCUT2D eigenvalue weighted by Gasteiger charge is 2.09. The summed E-state index contributed by atoms with van der Waals surface area (Å²) in [6.45, 7) is 2.16. The van der Waals surface area contributed by atoms with Crippen molar-refractivity contribution in [1.82, 2.24) is 5.32 Å². The van der Waals surface area contributed by atoms with Crippen molar-refractivity contribution < 1.29 is 10.2 Å². The lowest BCUT2D eigenvalue weighted by Crippen LogP contribution is -2.30. The fourth-order valence-electron chi connectivity index (χ4n) is 1.04. The van der Waals surface area contributed by atoms with Crippen molar-refractivity contribution in [3.05, 3.63) is 21.3 Å². The van der Waals surface area contributed by atoms with E-state index >= 15 is 0 Å². The summed E-state index contributed by atoms with van der Waals surface area (Å²) in [6.07, 6.45) is -0.701. The second kappa shape index (κ2) is 5.68. The standard InChI is InChI=1S/C9H14ClNO2S/c1-6(11-4-7(13)5-12)8-2-3-9(10)14-8/h2-3,6-7,11-13H,4-5H2,1H3. The summed E-state index contributed by atoms with van der Waals surface area (Å²) in [5, 5.41) is 20.8. The van der Waals surface area contributed by atoms with Crippen molar-refractivity contribution in [3.8, 4) is 0 Å². The van der Waals surface area contributed by atoms with Gasteiger partial charge in [-0.25, -0.2) is 0 Å². The Morgan fingerprint density at radius 3 is 2.79 bits per heavy atom. The summed E-state index contributed by atoms with van der Waals surface area (Å²) in [5.74, 6) is 0. The molecular weight excluding hydrogens is 222 g/mol. The van der Waals surface area contributed by atoms with Crippen molar-refractivity contribution in [3.63, 3.8) is 0 Å². The second-order valence-electron chi connectivity index (χ2n) is 3.11. The predicted octanol–water partition coefficient (Wildman–Crippen LogP) is 1.41. The summed E-state index contributed by atoms with van der Waals surface area (Å²) in [4.78, 5) is 1.13. The number of aliphatic hydroxyl groups excluding tert-OH is 2. The molecule has 0 saturated carbocycles. The molecule has 0 aromatic carbocycles. The summed E-state index contributed by atoms with van der Waals surface area (Å²) >= 11 is 7.31. The molecule has 3 N–H and O–H groups in total. The first-order valence-corrected chi connectivity index (χ1v) is 5.60. The van der Waals surface area contributed by atoms with Gasteiger partial charge >= 0.3 is 0 Å². The minimum Gasteiger partial charge on any atom is -0.394 e. The molecule has 0 aliphatic carbocycles. The number of hydrogen-bond acceptors (Lipinski definition) is 4. The Morgan fingerprint density at radius 1 is 1.57 bits per heavy atom. The van der Waals surface area contributed by atoms with Crippen LogP contribution in [0.15, 0.2) is 12.1 Å². The van der Waals surface area contributed by atoms with E-state index in [1.807, 2.05) is 19.1 Å². The molecule has 0 amide bonds. The summed E-state index contributed by atoms with van der Waals surface area (Å²) < 4.78 is 0.761. The number of rotatable bonds is 5. The van der Waals surface area contributed by atoms with Gasteiger partial charge in [0.2, 0.25) is 0 Å². The molecule has 1 heterocycles. The van der Waals surface area contributed by atoms with E-state index in [2.05, 4.69) is 5.32 Å². The van der Waals surface area contributed by atoms with Crippen LogP contribution in [0.3, 0.4) is 0 Å². The van der Waals surface area contributed by atoms with Crippen LogP contribution in [-0.2, 0) is 0 Å². The molecule has 80 valence electrons. The van der Waals surface area contributed by atoms with Crippen LogP contribution < -0.4 is 5.32 Å².